The molecule has 1 aliphatic heterocycles. The number of nitrogens with zero attached hydrogens (tertiary/aromatic N) is 3. The number of aliphatic imine (C=N–C) groups is 1. The molecule has 2 N–H and O–H groups in total. The highest BCUT2D eigenvalue weighted by atomic mass is 16.3. The molecule has 27 heavy (non-hydrogen) atoms. The lowest BCUT2D eigenvalue weighted by Crippen LogP contribution is -2.42. The summed E-state index contributed by atoms with van der Waals surface area (Å²) >= 11 is 0. The van der Waals surface area contributed by atoms with Crippen LogP contribution < -0.4 is 10.8 Å². The van der Waals surface area contributed by atoms with Gasteiger partial charge in [-0.1, -0.05) is 0 Å². The highest BCUT2D eigenvalue weighted by Gasteiger charge is 2.33. The Morgan fingerprint density at radius 2 is 1.96 bits per heavy atom. The van der Waals surface area contributed by atoms with Gasteiger partial charge in [0.1, 0.15) is 5.82 Å². The van der Waals surface area contributed by atoms with E-state index in [1.807, 2.05) is 19.9 Å². The summed E-state index contributed by atoms with van der Waals surface area (Å²) in [5.41, 5.74) is 2.08. The largest absolute Gasteiger partial charge is 0.390 e. The van der Waals surface area contributed by atoms with Crippen molar-refractivity contribution >= 4 is 30.2 Å². The standard InChI is InChI=1S/C20H29BN4O2/c1-20(2,27)13-4-6-14(7-5-13)23-18(26)12-10-16-17(22-11-12)24-19(21-16)25(3)15-8-9-15/h10-11,13-15,21,27H,4-9H2,1-3H3,(H,23,26). The second kappa shape index (κ2) is 6.93. The van der Waals surface area contributed by atoms with E-state index in [4.69, 9.17) is 0 Å². The van der Waals surface area contributed by atoms with Gasteiger partial charge in [0.05, 0.1) is 16.9 Å². The first-order valence-corrected chi connectivity index (χ1v) is 10.1. The van der Waals surface area contributed by atoms with Crippen molar-refractivity contribution in [2.24, 2.45) is 10.9 Å². The maximum atomic E-state index is 12.7. The van der Waals surface area contributed by atoms with E-state index in [1.165, 1.54) is 12.8 Å². The summed E-state index contributed by atoms with van der Waals surface area (Å²) in [6.07, 6.45) is 7.84. The number of carbonyl (C=O) groups is 1. The lowest BCUT2D eigenvalue weighted by atomic mass is 9.70. The van der Waals surface area contributed by atoms with Crippen molar-refractivity contribution < 1.29 is 9.90 Å². The van der Waals surface area contributed by atoms with E-state index in [0.29, 0.717) is 17.5 Å². The number of nitrogens with one attached hydrogen (secondary N) is 1. The summed E-state index contributed by atoms with van der Waals surface area (Å²) in [4.78, 5) is 24.0. The topological polar surface area (TPSA) is 77.8 Å². The molecule has 3 aliphatic rings. The Balaban J connectivity index is 1.35. The van der Waals surface area contributed by atoms with E-state index in [2.05, 4.69) is 27.2 Å². The van der Waals surface area contributed by atoms with Crippen LogP contribution in [0.2, 0.25) is 0 Å². The maximum absolute atomic E-state index is 12.7. The summed E-state index contributed by atoms with van der Waals surface area (Å²) in [7, 11) is 2.85. The van der Waals surface area contributed by atoms with Crippen LogP contribution in [0.3, 0.4) is 0 Å². The molecule has 7 heteroatoms. The Morgan fingerprint density at radius 1 is 1.26 bits per heavy atom. The number of aliphatic hydroxyl groups is 1. The summed E-state index contributed by atoms with van der Waals surface area (Å²) in [6, 6.07) is 2.74. The summed E-state index contributed by atoms with van der Waals surface area (Å²) in [5, 5.41) is 13.3. The van der Waals surface area contributed by atoms with Crippen LogP contribution in [0, 0.1) is 5.92 Å². The van der Waals surface area contributed by atoms with Crippen LogP contribution in [0.4, 0.5) is 5.82 Å². The molecule has 0 aromatic carbocycles. The van der Waals surface area contributed by atoms with E-state index in [-0.39, 0.29) is 11.9 Å². The minimum atomic E-state index is -0.635. The maximum Gasteiger partial charge on any atom is 0.253 e. The van der Waals surface area contributed by atoms with Crippen molar-refractivity contribution in [2.45, 2.75) is 70.1 Å². The number of aromatic nitrogens is 1. The summed E-state index contributed by atoms with van der Waals surface area (Å²) < 4.78 is 0. The Kier molecular flexibility index (Phi) is 4.74. The zero-order valence-corrected chi connectivity index (χ0v) is 16.5. The van der Waals surface area contributed by atoms with Gasteiger partial charge in [0.2, 0.25) is 7.28 Å². The van der Waals surface area contributed by atoms with Crippen molar-refractivity contribution in [3.8, 4) is 0 Å². The average Bonchev–Trinajstić information content (AvgIpc) is 3.39. The molecule has 0 unspecified atom stereocenters. The Hall–Kier alpha value is -1.89. The molecule has 144 valence electrons. The van der Waals surface area contributed by atoms with Crippen LogP contribution in [0.15, 0.2) is 17.3 Å². The van der Waals surface area contributed by atoms with Gasteiger partial charge in [0.25, 0.3) is 5.91 Å². The SMILES string of the molecule is CN(C1=Nc2ncc(C(=O)NC3CCC(C(C)(C)O)CC3)cc2B1)C1CC1. The molecule has 2 aliphatic carbocycles. The molecule has 2 saturated carbocycles. The lowest BCUT2D eigenvalue weighted by molar-refractivity contribution is -0.00257. The molecule has 0 spiro atoms. The molecule has 0 radical (unpaired) electrons. The van der Waals surface area contributed by atoms with Gasteiger partial charge in [-0.15, -0.1) is 0 Å². The van der Waals surface area contributed by atoms with Crippen molar-refractivity contribution in [1.29, 1.82) is 0 Å². The van der Waals surface area contributed by atoms with Crippen LogP contribution in [0.5, 0.6) is 0 Å². The number of fused-ring (bicyclic) bond motifs is 1. The van der Waals surface area contributed by atoms with Gasteiger partial charge in [-0.2, -0.15) is 0 Å². The molecule has 0 saturated heterocycles. The zero-order valence-electron chi connectivity index (χ0n) is 16.5. The van der Waals surface area contributed by atoms with Crippen LogP contribution in [0.1, 0.15) is 62.7 Å². The molecular weight excluding hydrogens is 339 g/mol. The normalized spacial score (nSPS) is 24.7. The molecular formula is C20H29BN4O2. The predicted octanol–water partition coefficient (Wildman–Crippen LogP) is 1.30. The fourth-order valence-electron chi connectivity index (χ4n) is 4.28. The van der Waals surface area contributed by atoms with Gasteiger partial charge in [-0.3, -0.25) is 4.79 Å². The molecule has 1 amide bonds. The van der Waals surface area contributed by atoms with Crippen molar-refractivity contribution in [3.05, 3.63) is 17.8 Å². The third-order valence-corrected chi connectivity index (χ3v) is 6.35. The Bertz CT molecular complexity index is 762. The van der Waals surface area contributed by atoms with Crippen LogP contribution in [-0.4, -0.2) is 58.6 Å². The lowest BCUT2D eigenvalue weighted by Gasteiger charge is -2.36. The number of hydrogen-bond donors (Lipinski definition) is 2. The molecule has 2 heterocycles. The van der Waals surface area contributed by atoms with Gasteiger partial charge in [-0.25, -0.2) is 9.98 Å². The average molecular weight is 368 g/mol. The first kappa shape index (κ1) is 18.5. The highest BCUT2D eigenvalue weighted by Crippen LogP contribution is 2.32. The van der Waals surface area contributed by atoms with E-state index >= 15 is 0 Å². The van der Waals surface area contributed by atoms with Crippen LogP contribution in [-0.2, 0) is 0 Å². The number of amides is 1. The predicted molar refractivity (Wildman–Crippen MR) is 108 cm³/mol. The summed E-state index contributed by atoms with van der Waals surface area (Å²) in [6.45, 7) is 3.76. The minimum Gasteiger partial charge on any atom is -0.390 e. The van der Waals surface area contributed by atoms with E-state index in [0.717, 1.165) is 50.0 Å². The van der Waals surface area contributed by atoms with Gasteiger partial charge in [-0.05, 0) is 69.8 Å². The number of carbonyl (C=O) groups excluding carboxylic acids is 1. The fraction of sp³-hybridized carbons (Fsp3) is 0.650. The van der Waals surface area contributed by atoms with E-state index < -0.39 is 5.60 Å². The molecule has 0 bridgehead atoms. The second-order valence-corrected chi connectivity index (χ2v) is 8.93. The first-order valence-electron chi connectivity index (χ1n) is 10.1. The van der Waals surface area contributed by atoms with Gasteiger partial charge < -0.3 is 15.3 Å². The van der Waals surface area contributed by atoms with Crippen LogP contribution >= 0.6 is 0 Å². The minimum absolute atomic E-state index is 0.0546. The number of amidine groups is 1. The fourth-order valence-corrected chi connectivity index (χ4v) is 4.28. The molecule has 1 aromatic heterocycles. The molecule has 2 fully saturated rings. The van der Waals surface area contributed by atoms with E-state index in [1.54, 1.807) is 6.20 Å². The molecule has 0 atom stereocenters. The van der Waals surface area contributed by atoms with Gasteiger partial charge >= 0.3 is 0 Å². The van der Waals surface area contributed by atoms with Gasteiger partial charge in [0, 0.05) is 25.3 Å². The Morgan fingerprint density at radius 3 is 2.59 bits per heavy atom. The van der Waals surface area contributed by atoms with E-state index in [9.17, 15) is 9.90 Å². The Labute approximate surface area is 161 Å². The third kappa shape index (κ3) is 4.03. The smallest absolute Gasteiger partial charge is 0.253 e. The number of pyridine rings is 1. The molecule has 1 aromatic rings. The molecule has 6 nitrogen and oxygen atoms in total. The number of hydrogen-bond acceptors (Lipinski definition) is 5. The second-order valence-electron chi connectivity index (χ2n) is 8.93. The first-order chi connectivity index (χ1) is 12.8. The highest BCUT2D eigenvalue weighted by molar-refractivity contribution is 6.87. The van der Waals surface area contributed by atoms with Gasteiger partial charge in [0.15, 0.2) is 0 Å². The van der Waals surface area contributed by atoms with Crippen molar-refractivity contribution in [2.75, 3.05) is 7.05 Å². The number of rotatable bonds is 4. The summed E-state index contributed by atoms with van der Waals surface area (Å²) in [5.74, 6) is 1.01. The zero-order chi connectivity index (χ0) is 19.2. The quantitative estimate of drug-likeness (QED) is 0.786. The third-order valence-electron chi connectivity index (χ3n) is 6.35. The van der Waals surface area contributed by atoms with Crippen LogP contribution in [0.25, 0.3) is 0 Å². The van der Waals surface area contributed by atoms with Crippen molar-refractivity contribution in [3.63, 3.8) is 0 Å². The monoisotopic (exact) mass is 368 g/mol. The molecule has 4 rings (SSSR count). The van der Waals surface area contributed by atoms with Crippen molar-refractivity contribution in [1.82, 2.24) is 15.2 Å².